The highest BCUT2D eigenvalue weighted by molar-refractivity contribution is 9.10. The first-order valence-electron chi connectivity index (χ1n) is 3.55. The van der Waals surface area contributed by atoms with Crippen LogP contribution in [-0.4, -0.2) is 15.5 Å². The molecule has 0 atom stereocenters. The van der Waals surface area contributed by atoms with Gasteiger partial charge in [0.15, 0.2) is 5.75 Å². The lowest BCUT2D eigenvalue weighted by molar-refractivity contribution is 0.416. The van der Waals surface area contributed by atoms with E-state index in [2.05, 4.69) is 15.9 Å². The minimum Gasteiger partial charge on any atom is -0.493 e. The van der Waals surface area contributed by atoms with Gasteiger partial charge in [-0.05, 0) is 22.0 Å². The van der Waals surface area contributed by atoms with Crippen molar-refractivity contribution in [2.45, 2.75) is 4.90 Å². The third-order valence-electron chi connectivity index (χ3n) is 1.64. The van der Waals surface area contributed by atoms with Crippen LogP contribution < -0.4 is 10.5 Å². The highest BCUT2D eigenvalue weighted by Gasteiger charge is 2.22. The van der Waals surface area contributed by atoms with Gasteiger partial charge in [-0.1, -0.05) is 11.6 Å². The first kappa shape index (κ1) is 12.5. The van der Waals surface area contributed by atoms with Gasteiger partial charge >= 0.3 is 10.2 Å². The monoisotopic (exact) mass is 317 g/mol. The van der Waals surface area contributed by atoms with Crippen molar-refractivity contribution in [2.75, 3.05) is 12.8 Å². The van der Waals surface area contributed by atoms with Crippen LogP contribution in [0.25, 0.3) is 0 Å². The highest BCUT2D eigenvalue weighted by atomic mass is 79.9. The molecule has 0 spiro atoms. The number of hydrogen-bond acceptors (Lipinski definition) is 4. The first-order valence-corrected chi connectivity index (χ1v) is 6.10. The van der Waals surface area contributed by atoms with Crippen LogP contribution in [0.1, 0.15) is 0 Å². The minimum absolute atomic E-state index is 0.0683. The van der Waals surface area contributed by atoms with Crippen molar-refractivity contribution < 1.29 is 17.0 Å². The lowest BCUT2D eigenvalue weighted by Gasteiger charge is -2.10. The maximum atomic E-state index is 12.8. The van der Waals surface area contributed by atoms with Crippen LogP contribution in [0.2, 0.25) is 5.02 Å². The molecule has 0 fully saturated rings. The summed E-state index contributed by atoms with van der Waals surface area (Å²) in [4.78, 5) is -0.620. The van der Waals surface area contributed by atoms with Gasteiger partial charge in [0, 0.05) is 0 Å². The fourth-order valence-corrected chi connectivity index (χ4v) is 2.80. The van der Waals surface area contributed by atoms with Crippen molar-refractivity contribution in [2.24, 2.45) is 0 Å². The first-order chi connectivity index (χ1) is 6.79. The van der Waals surface area contributed by atoms with Gasteiger partial charge in [-0.15, -0.1) is 3.89 Å². The summed E-state index contributed by atoms with van der Waals surface area (Å²) in [7, 11) is -3.56. The molecular formula is C7H6BrClFNO3S. The molecule has 0 unspecified atom stereocenters. The number of nitrogen functional groups attached to an aromatic ring is 1. The van der Waals surface area contributed by atoms with Crippen LogP contribution in [0.4, 0.5) is 9.57 Å². The van der Waals surface area contributed by atoms with Gasteiger partial charge in [-0.25, -0.2) is 0 Å². The summed E-state index contributed by atoms with van der Waals surface area (Å²) in [6, 6.07) is 0.927. The topological polar surface area (TPSA) is 69.4 Å². The summed E-state index contributed by atoms with van der Waals surface area (Å²) >= 11 is 8.51. The Balaban J connectivity index is 3.62. The third kappa shape index (κ3) is 2.35. The number of methoxy groups -OCH3 is 1. The maximum Gasteiger partial charge on any atom is 0.333 e. The summed E-state index contributed by atoms with van der Waals surface area (Å²) < 4.78 is 38.9. The molecule has 8 heteroatoms. The maximum absolute atomic E-state index is 12.8. The van der Waals surface area contributed by atoms with E-state index in [9.17, 15) is 12.3 Å². The number of halogens is 3. The van der Waals surface area contributed by atoms with E-state index in [1.165, 1.54) is 7.11 Å². The Morgan fingerprint density at radius 2 is 2.13 bits per heavy atom. The van der Waals surface area contributed by atoms with Crippen LogP contribution >= 0.6 is 27.5 Å². The van der Waals surface area contributed by atoms with E-state index in [-0.39, 0.29) is 20.9 Å². The predicted octanol–water partition coefficient (Wildman–Crippen LogP) is 2.35. The fraction of sp³-hybridized carbons (Fsp3) is 0.143. The smallest absolute Gasteiger partial charge is 0.333 e. The summed E-state index contributed by atoms with van der Waals surface area (Å²) in [6.07, 6.45) is 0. The van der Waals surface area contributed by atoms with Crippen molar-refractivity contribution >= 4 is 43.4 Å². The third-order valence-corrected chi connectivity index (χ3v) is 3.88. The lowest BCUT2D eigenvalue weighted by Crippen LogP contribution is -2.00. The normalized spacial score (nSPS) is 11.5. The van der Waals surface area contributed by atoms with E-state index in [0.29, 0.717) is 0 Å². The van der Waals surface area contributed by atoms with Crippen LogP contribution in [0.3, 0.4) is 0 Å². The van der Waals surface area contributed by atoms with E-state index in [4.69, 9.17) is 22.1 Å². The highest BCUT2D eigenvalue weighted by Crippen LogP contribution is 2.41. The van der Waals surface area contributed by atoms with E-state index >= 15 is 0 Å². The van der Waals surface area contributed by atoms with Crippen LogP contribution in [-0.2, 0) is 10.2 Å². The van der Waals surface area contributed by atoms with E-state index in [1.54, 1.807) is 0 Å². The Morgan fingerprint density at radius 1 is 1.60 bits per heavy atom. The second-order valence-corrected chi connectivity index (χ2v) is 5.07. The largest absolute Gasteiger partial charge is 0.493 e. The van der Waals surface area contributed by atoms with Gasteiger partial charge in [0.05, 0.1) is 22.3 Å². The van der Waals surface area contributed by atoms with Gasteiger partial charge in [0.25, 0.3) is 0 Å². The zero-order valence-electron chi connectivity index (χ0n) is 7.42. The molecule has 0 bridgehead atoms. The van der Waals surface area contributed by atoms with Gasteiger partial charge in [-0.3, -0.25) is 0 Å². The minimum atomic E-state index is -4.87. The van der Waals surface area contributed by atoms with Crippen LogP contribution in [0, 0.1) is 0 Å². The van der Waals surface area contributed by atoms with E-state index < -0.39 is 15.1 Å². The van der Waals surface area contributed by atoms with Crippen molar-refractivity contribution in [1.82, 2.24) is 0 Å². The number of anilines is 1. The number of rotatable bonds is 2. The molecule has 0 saturated heterocycles. The van der Waals surface area contributed by atoms with Crippen LogP contribution in [0.5, 0.6) is 5.75 Å². The molecule has 0 aliphatic heterocycles. The fourth-order valence-electron chi connectivity index (χ4n) is 0.990. The number of ether oxygens (including phenoxy) is 1. The average Bonchev–Trinajstić information content (AvgIpc) is 2.10. The lowest BCUT2D eigenvalue weighted by atomic mass is 10.3. The molecule has 0 aliphatic rings. The van der Waals surface area contributed by atoms with Crippen molar-refractivity contribution in [3.05, 3.63) is 15.6 Å². The molecule has 0 aliphatic carbocycles. The number of nitrogens with two attached hydrogens (primary N) is 1. The molecule has 1 rings (SSSR count). The molecule has 1 aromatic rings. The quantitative estimate of drug-likeness (QED) is 0.671. The SMILES string of the molecule is COc1c(Cl)cc(S(=O)(=O)F)c(Br)c1N. The van der Waals surface area contributed by atoms with Gasteiger partial charge in [0.1, 0.15) is 4.90 Å². The average molecular weight is 319 g/mol. The summed E-state index contributed by atoms with van der Waals surface area (Å²) in [5.41, 5.74) is 5.44. The van der Waals surface area contributed by atoms with Crippen LogP contribution in [0.15, 0.2) is 15.4 Å². The standard InChI is InChI=1S/C7H6BrClFNO3S/c1-14-7-3(9)2-4(15(10,12)13)5(8)6(7)11/h2H,11H2,1H3. The Labute approximate surface area is 99.5 Å². The molecule has 0 saturated carbocycles. The Kier molecular flexibility index (Phi) is 3.47. The van der Waals surface area contributed by atoms with Gasteiger partial charge < -0.3 is 10.5 Å². The zero-order chi connectivity index (χ0) is 11.8. The summed E-state index contributed by atoms with van der Waals surface area (Å²) in [5.74, 6) is 0.0935. The van der Waals surface area contributed by atoms with Crippen molar-refractivity contribution in [3.63, 3.8) is 0 Å². The second-order valence-electron chi connectivity index (χ2n) is 2.56. The molecule has 1 aromatic carbocycles. The number of hydrogen-bond donors (Lipinski definition) is 1. The molecule has 0 heterocycles. The summed E-state index contributed by atoms with van der Waals surface area (Å²) in [6.45, 7) is 0. The zero-order valence-corrected chi connectivity index (χ0v) is 10.6. The van der Waals surface area contributed by atoms with Crippen molar-refractivity contribution in [1.29, 1.82) is 0 Å². The Morgan fingerprint density at radius 3 is 2.53 bits per heavy atom. The molecule has 84 valence electrons. The molecule has 0 radical (unpaired) electrons. The molecule has 15 heavy (non-hydrogen) atoms. The predicted molar refractivity (Wildman–Crippen MR) is 58.4 cm³/mol. The Hall–Kier alpha value is -0.530. The van der Waals surface area contributed by atoms with Gasteiger partial charge in [-0.2, -0.15) is 8.42 Å². The molecule has 0 aromatic heterocycles. The molecule has 4 nitrogen and oxygen atoms in total. The Bertz CT molecular complexity index is 505. The van der Waals surface area contributed by atoms with Crippen molar-refractivity contribution in [3.8, 4) is 5.75 Å². The molecular weight excluding hydrogens is 313 g/mol. The number of benzene rings is 1. The summed E-state index contributed by atoms with van der Waals surface area (Å²) in [5, 5.41) is -0.0746. The van der Waals surface area contributed by atoms with Gasteiger partial charge in [0.2, 0.25) is 0 Å². The second kappa shape index (κ2) is 4.15. The van der Waals surface area contributed by atoms with E-state index in [0.717, 1.165) is 6.07 Å². The molecule has 2 N–H and O–H groups in total. The van der Waals surface area contributed by atoms with E-state index in [1.807, 2.05) is 0 Å². The molecule has 0 amide bonds.